The highest BCUT2D eigenvalue weighted by atomic mass is 32.1. The summed E-state index contributed by atoms with van der Waals surface area (Å²) in [6.07, 6.45) is 9.11. The second-order valence-corrected chi connectivity index (χ2v) is 10.9. The lowest BCUT2D eigenvalue weighted by molar-refractivity contribution is -0.133. The average Bonchev–Trinajstić information content (AvgIpc) is 3.37. The molecule has 0 saturated heterocycles. The Balaban J connectivity index is 1.58. The number of carbonyl (C=O) groups excluding carboxylic acids is 2. The van der Waals surface area contributed by atoms with Gasteiger partial charge in [0.15, 0.2) is 0 Å². The highest BCUT2D eigenvalue weighted by Gasteiger charge is 2.47. The van der Waals surface area contributed by atoms with Crippen molar-refractivity contribution in [2.24, 2.45) is 0 Å². The van der Waals surface area contributed by atoms with Gasteiger partial charge in [-0.15, -0.1) is 11.3 Å². The molecule has 0 radical (unpaired) electrons. The van der Waals surface area contributed by atoms with E-state index in [9.17, 15) is 9.59 Å². The Kier molecular flexibility index (Phi) is 7.80. The van der Waals surface area contributed by atoms with E-state index in [0.717, 1.165) is 54.8 Å². The SMILES string of the molecule is CCN(CC)CCCN1C(=O)c2cc3sccc3n2C[C@]1(C)C(=O)NC1CCCCCCC1. The van der Waals surface area contributed by atoms with Gasteiger partial charge in [0.25, 0.3) is 5.91 Å². The van der Waals surface area contributed by atoms with Gasteiger partial charge in [-0.3, -0.25) is 9.59 Å². The first-order valence-electron chi connectivity index (χ1n) is 12.9. The number of carbonyl (C=O) groups is 2. The zero-order valence-electron chi connectivity index (χ0n) is 20.6. The molecular weight excluding hydrogens is 432 g/mol. The number of rotatable bonds is 8. The molecule has 1 fully saturated rings. The van der Waals surface area contributed by atoms with E-state index in [0.29, 0.717) is 13.1 Å². The van der Waals surface area contributed by atoms with E-state index in [1.807, 2.05) is 17.9 Å². The molecule has 4 rings (SSSR count). The molecule has 1 aliphatic heterocycles. The van der Waals surface area contributed by atoms with Crippen LogP contribution in [0.1, 0.15) is 82.6 Å². The van der Waals surface area contributed by atoms with Crippen molar-refractivity contribution < 1.29 is 9.59 Å². The largest absolute Gasteiger partial charge is 0.351 e. The number of amides is 2. The van der Waals surface area contributed by atoms with E-state index in [1.165, 1.54) is 32.1 Å². The van der Waals surface area contributed by atoms with Crippen molar-refractivity contribution in [1.82, 2.24) is 19.7 Å². The van der Waals surface area contributed by atoms with Gasteiger partial charge in [-0.1, -0.05) is 46.0 Å². The van der Waals surface area contributed by atoms with Crippen molar-refractivity contribution in [3.05, 3.63) is 23.2 Å². The molecule has 0 bridgehead atoms. The molecule has 2 aromatic rings. The van der Waals surface area contributed by atoms with Gasteiger partial charge < -0.3 is 19.7 Å². The maximum absolute atomic E-state index is 13.8. The molecule has 1 atom stereocenters. The van der Waals surface area contributed by atoms with Crippen LogP contribution in [0.25, 0.3) is 10.2 Å². The predicted octanol–water partition coefficient (Wildman–Crippen LogP) is 4.88. The van der Waals surface area contributed by atoms with Gasteiger partial charge in [-0.25, -0.2) is 0 Å². The molecule has 0 aromatic carbocycles. The lowest BCUT2D eigenvalue weighted by atomic mass is 9.92. The highest BCUT2D eigenvalue weighted by Crippen LogP contribution is 2.34. The molecule has 7 heteroatoms. The number of hydrogen-bond donors (Lipinski definition) is 1. The minimum atomic E-state index is -0.885. The van der Waals surface area contributed by atoms with Crippen molar-refractivity contribution >= 4 is 33.4 Å². The summed E-state index contributed by atoms with van der Waals surface area (Å²) in [5, 5.41) is 5.44. The molecule has 33 heavy (non-hydrogen) atoms. The van der Waals surface area contributed by atoms with E-state index < -0.39 is 5.54 Å². The van der Waals surface area contributed by atoms with Crippen LogP contribution in [-0.2, 0) is 11.3 Å². The smallest absolute Gasteiger partial charge is 0.271 e. The van der Waals surface area contributed by atoms with Crippen molar-refractivity contribution in [2.45, 2.75) is 90.3 Å². The highest BCUT2D eigenvalue weighted by molar-refractivity contribution is 7.17. The van der Waals surface area contributed by atoms with E-state index in [1.54, 1.807) is 11.3 Å². The standard InChI is InChI=1S/C26H40N4O2S/c1-4-28(5-2)15-11-16-30-24(31)22-18-23-21(14-17-33-23)29(22)19-26(30,3)25(32)27-20-12-9-7-6-8-10-13-20/h14,17-18,20H,4-13,15-16,19H2,1-3H3,(H,27,32)/t26-/m1/s1. The van der Waals surface area contributed by atoms with Gasteiger partial charge in [0.2, 0.25) is 5.91 Å². The van der Waals surface area contributed by atoms with Crippen LogP contribution in [0.15, 0.2) is 17.5 Å². The Morgan fingerprint density at radius 3 is 2.58 bits per heavy atom. The van der Waals surface area contributed by atoms with Gasteiger partial charge in [-0.2, -0.15) is 0 Å². The first-order chi connectivity index (χ1) is 16.0. The van der Waals surface area contributed by atoms with Gasteiger partial charge in [-0.05, 0) is 63.3 Å². The maximum atomic E-state index is 13.8. The Morgan fingerprint density at radius 2 is 1.88 bits per heavy atom. The minimum Gasteiger partial charge on any atom is -0.351 e. The summed E-state index contributed by atoms with van der Waals surface area (Å²) in [7, 11) is 0. The van der Waals surface area contributed by atoms with E-state index in [2.05, 4.69) is 40.1 Å². The Morgan fingerprint density at radius 1 is 1.18 bits per heavy atom. The van der Waals surface area contributed by atoms with Gasteiger partial charge in [0.05, 0.1) is 16.8 Å². The molecular formula is C26H40N4O2S. The van der Waals surface area contributed by atoms with Crippen molar-refractivity contribution in [2.75, 3.05) is 26.2 Å². The average molecular weight is 473 g/mol. The number of hydrogen-bond acceptors (Lipinski definition) is 4. The van der Waals surface area contributed by atoms with Crippen molar-refractivity contribution in [1.29, 1.82) is 0 Å². The first kappa shape index (κ1) is 24.3. The van der Waals surface area contributed by atoms with Gasteiger partial charge >= 0.3 is 0 Å². The van der Waals surface area contributed by atoms with Crippen LogP contribution in [0.4, 0.5) is 0 Å². The second-order valence-electron chi connectivity index (χ2n) is 9.91. The molecule has 6 nitrogen and oxygen atoms in total. The fourth-order valence-electron chi connectivity index (χ4n) is 5.56. The quantitative estimate of drug-likeness (QED) is 0.596. The molecule has 2 aliphatic rings. The first-order valence-corrected chi connectivity index (χ1v) is 13.8. The van der Waals surface area contributed by atoms with Crippen LogP contribution < -0.4 is 5.32 Å². The predicted molar refractivity (Wildman–Crippen MR) is 136 cm³/mol. The summed E-state index contributed by atoms with van der Waals surface area (Å²) in [4.78, 5) is 31.8. The molecule has 0 spiro atoms. The van der Waals surface area contributed by atoms with E-state index in [-0.39, 0.29) is 17.9 Å². The fourth-order valence-corrected chi connectivity index (χ4v) is 6.38. The number of fused-ring (bicyclic) bond motifs is 3. The van der Waals surface area contributed by atoms with Crippen LogP contribution in [0.5, 0.6) is 0 Å². The number of nitrogens with zero attached hydrogens (tertiary/aromatic N) is 3. The summed E-state index contributed by atoms with van der Waals surface area (Å²) >= 11 is 1.65. The summed E-state index contributed by atoms with van der Waals surface area (Å²) in [6, 6.07) is 4.29. The molecule has 1 saturated carbocycles. The Hall–Kier alpha value is -1.86. The third-order valence-electron chi connectivity index (χ3n) is 7.73. The van der Waals surface area contributed by atoms with Gasteiger partial charge in [0.1, 0.15) is 11.2 Å². The topological polar surface area (TPSA) is 57.6 Å². The lowest BCUT2D eigenvalue weighted by Crippen LogP contribution is -2.65. The fraction of sp³-hybridized carbons (Fsp3) is 0.692. The van der Waals surface area contributed by atoms with Crippen molar-refractivity contribution in [3.63, 3.8) is 0 Å². The Bertz CT molecular complexity index is 955. The number of aromatic nitrogens is 1. The maximum Gasteiger partial charge on any atom is 0.271 e. The van der Waals surface area contributed by atoms with Crippen LogP contribution in [0, 0.1) is 0 Å². The normalized spacial score (nSPS) is 22.4. The van der Waals surface area contributed by atoms with Gasteiger partial charge in [0, 0.05) is 12.6 Å². The zero-order valence-corrected chi connectivity index (χ0v) is 21.4. The zero-order chi connectivity index (χ0) is 23.4. The van der Waals surface area contributed by atoms with E-state index >= 15 is 0 Å². The van der Waals surface area contributed by atoms with Crippen molar-refractivity contribution in [3.8, 4) is 0 Å². The summed E-state index contributed by atoms with van der Waals surface area (Å²) in [5.74, 6) is -0.00787. The molecule has 1 aliphatic carbocycles. The summed E-state index contributed by atoms with van der Waals surface area (Å²) < 4.78 is 3.19. The third kappa shape index (κ3) is 4.99. The lowest BCUT2D eigenvalue weighted by Gasteiger charge is -2.45. The summed E-state index contributed by atoms with van der Waals surface area (Å²) in [6.45, 7) is 10.4. The third-order valence-corrected chi connectivity index (χ3v) is 8.58. The molecule has 1 N–H and O–H groups in total. The van der Waals surface area contributed by atoms with E-state index in [4.69, 9.17) is 0 Å². The van der Waals surface area contributed by atoms with Crippen LogP contribution in [0.2, 0.25) is 0 Å². The molecule has 0 unspecified atom stereocenters. The molecule has 3 heterocycles. The number of thiophene rings is 1. The summed E-state index contributed by atoms with van der Waals surface area (Å²) in [5.41, 5.74) is 0.899. The van der Waals surface area contributed by atoms with Crippen LogP contribution in [0.3, 0.4) is 0 Å². The monoisotopic (exact) mass is 472 g/mol. The van der Waals surface area contributed by atoms with Crippen LogP contribution in [-0.4, -0.2) is 63.9 Å². The molecule has 2 amide bonds. The van der Waals surface area contributed by atoms with Crippen LogP contribution >= 0.6 is 11.3 Å². The number of nitrogens with one attached hydrogen (secondary N) is 1. The Labute approximate surface area is 202 Å². The molecule has 182 valence electrons. The second kappa shape index (κ2) is 10.6. The minimum absolute atomic E-state index is 0.00647. The molecule has 2 aromatic heterocycles.